The number of benzene rings is 2. The first-order valence-electron chi connectivity index (χ1n) is 7.03. The highest BCUT2D eigenvalue weighted by Crippen LogP contribution is 2.20. The SMILES string of the molecule is Cc1cc(COc2ccc(CN)cc2)c2ccccc2n1. The Labute approximate surface area is 124 Å². The number of rotatable bonds is 4. The fraction of sp³-hybridized carbons (Fsp3) is 0.167. The average Bonchev–Trinajstić information content (AvgIpc) is 2.53. The molecule has 0 bridgehead atoms. The summed E-state index contributed by atoms with van der Waals surface area (Å²) in [6, 6.07) is 18.1. The van der Waals surface area contributed by atoms with Gasteiger partial charge in [-0.05, 0) is 36.8 Å². The van der Waals surface area contributed by atoms with Gasteiger partial charge in [-0.25, -0.2) is 0 Å². The van der Waals surface area contributed by atoms with Crippen LogP contribution in [0.1, 0.15) is 16.8 Å². The van der Waals surface area contributed by atoms with Crippen LogP contribution in [0.3, 0.4) is 0 Å². The van der Waals surface area contributed by atoms with E-state index in [0.717, 1.165) is 33.5 Å². The molecule has 3 aromatic rings. The second kappa shape index (κ2) is 5.94. The number of nitrogens with two attached hydrogens (primary N) is 1. The van der Waals surface area contributed by atoms with Crippen molar-refractivity contribution < 1.29 is 4.74 Å². The summed E-state index contributed by atoms with van der Waals surface area (Å²) in [6.45, 7) is 3.09. The second-order valence-corrected chi connectivity index (χ2v) is 5.08. The van der Waals surface area contributed by atoms with E-state index < -0.39 is 0 Å². The molecular weight excluding hydrogens is 260 g/mol. The summed E-state index contributed by atoms with van der Waals surface area (Å²) in [5, 5.41) is 1.14. The molecule has 0 radical (unpaired) electrons. The third-order valence-corrected chi connectivity index (χ3v) is 3.48. The molecule has 21 heavy (non-hydrogen) atoms. The van der Waals surface area contributed by atoms with Gasteiger partial charge in [-0.1, -0.05) is 30.3 Å². The van der Waals surface area contributed by atoms with Gasteiger partial charge in [-0.2, -0.15) is 0 Å². The molecule has 0 saturated carbocycles. The molecule has 2 aromatic carbocycles. The van der Waals surface area contributed by atoms with Crippen molar-refractivity contribution in [2.24, 2.45) is 5.73 Å². The molecule has 3 heteroatoms. The zero-order valence-corrected chi connectivity index (χ0v) is 12.0. The Kier molecular flexibility index (Phi) is 3.84. The van der Waals surface area contributed by atoms with E-state index in [1.54, 1.807) is 0 Å². The predicted octanol–water partition coefficient (Wildman–Crippen LogP) is 3.58. The van der Waals surface area contributed by atoms with E-state index in [1.165, 1.54) is 0 Å². The first-order valence-corrected chi connectivity index (χ1v) is 7.03. The summed E-state index contributed by atoms with van der Waals surface area (Å²) in [5.41, 5.74) is 9.87. The van der Waals surface area contributed by atoms with E-state index in [0.29, 0.717) is 13.2 Å². The lowest BCUT2D eigenvalue weighted by Crippen LogP contribution is -1.99. The molecule has 3 nitrogen and oxygen atoms in total. The van der Waals surface area contributed by atoms with E-state index in [-0.39, 0.29) is 0 Å². The Bertz CT molecular complexity index is 751. The van der Waals surface area contributed by atoms with Crippen molar-refractivity contribution in [3.63, 3.8) is 0 Å². The minimum absolute atomic E-state index is 0.534. The molecular formula is C18H18N2O. The highest BCUT2D eigenvalue weighted by molar-refractivity contribution is 5.82. The Morgan fingerprint density at radius 2 is 1.81 bits per heavy atom. The maximum atomic E-state index is 5.89. The van der Waals surface area contributed by atoms with Gasteiger partial charge in [0, 0.05) is 23.2 Å². The monoisotopic (exact) mass is 278 g/mol. The summed E-state index contributed by atoms with van der Waals surface area (Å²) in [7, 11) is 0. The van der Waals surface area contributed by atoms with E-state index in [1.807, 2.05) is 49.4 Å². The summed E-state index contributed by atoms with van der Waals surface area (Å²) >= 11 is 0. The number of ether oxygens (including phenoxy) is 1. The standard InChI is InChI=1S/C18H18N2O/c1-13-10-15(17-4-2-3-5-18(17)20-13)12-21-16-8-6-14(11-19)7-9-16/h2-10H,11-12,19H2,1H3. The molecule has 0 unspecified atom stereocenters. The normalized spacial score (nSPS) is 10.8. The first-order chi connectivity index (χ1) is 10.3. The van der Waals surface area contributed by atoms with E-state index in [9.17, 15) is 0 Å². The van der Waals surface area contributed by atoms with Gasteiger partial charge in [0.2, 0.25) is 0 Å². The third kappa shape index (κ3) is 3.03. The van der Waals surface area contributed by atoms with Gasteiger partial charge in [-0.15, -0.1) is 0 Å². The van der Waals surface area contributed by atoms with Crippen LogP contribution in [-0.4, -0.2) is 4.98 Å². The molecule has 0 amide bonds. The fourth-order valence-corrected chi connectivity index (χ4v) is 2.40. The van der Waals surface area contributed by atoms with Gasteiger partial charge >= 0.3 is 0 Å². The summed E-state index contributed by atoms with van der Waals surface area (Å²) in [4.78, 5) is 4.54. The van der Waals surface area contributed by atoms with Crippen LogP contribution in [0, 0.1) is 6.92 Å². The maximum Gasteiger partial charge on any atom is 0.119 e. The lowest BCUT2D eigenvalue weighted by Gasteiger charge is -2.10. The molecule has 106 valence electrons. The fourth-order valence-electron chi connectivity index (χ4n) is 2.40. The van der Waals surface area contributed by atoms with Crippen LogP contribution in [0.15, 0.2) is 54.6 Å². The summed E-state index contributed by atoms with van der Waals surface area (Å²) in [6.07, 6.45) is 0. The van der Waals surface area contributed by atoms with Crippen LogP contribution in [0.5, 0.6) is 5.75 Å². The Hall–Kier alpha value is -2.39. The van der Waals surface area contributed by atoms with Crippen molar-refractivity contribution >= 4 is 10.9 Å². The van der Waals surface area contributed by atoms with Crippen molar-refractivity contribution in [2.75, 3.05) is 0 Å². The number of aryl methyl sites for hydroxylation is 1. The molecule has 1 aromatic heterocycles. The predicted molar refractivity (Wildman–Crippen MR) is 85.1 cm³/mol. The molecule has 0 fully saturated rings. The molecule has 0 aliphatic rings. The number of hydrogen-bond donors (Lipinski definition) is 1. The minimum Gasteiger partial charge on any atom is -0.489 e. The second-order valence-electron chi connectivity index (χ2n) is 5.08. The zero-order valence-electron chi connectivity index (χ0n) is 12.0. The molecule has 1 heterocycles. The Morgan fingerprint density at radius 3 is 2.57 bits per heavy atom. The number of aromatic nitrogens is 1. The minimum atomic E-state index is 0.534. The van der Waals surface area contributed by atoms with Crippen molar-refractivity contribution in [3.8, 4) is 5.75 Å². The van der Waals surface area contributed by atoms with Gasteiger partial charge in [0.15, 0.2) is 0 Å². The van der Waals surface area contributed by atoms with Gasteiger partial charge < -0.3 is 10.5 Å². The first kappa shape index (κ1) is 13.6. The quantitative estimate of drug-likeness (QED) is 0.793. The van der Waals surface area contributed by atoms with Crippen LogP contribution >= 0.6 is 0 Å². The highest BCUT2D eigenvalue weighted by Gasteiger charge is 2.04. The molecule has 0 spiro atoms. The summed E-state index contributed by atoms with van der Waals surface area (Å²) < 4.78 is 5.89. The van der Waals surface area contributed by atoms with Crippen LogP contribution in [0.2, 0.25) is 0 Å². The largest absolute Gasteiger partial charge is 0.489 e. The van der Waals surface area contributed by atoms with Gasteiger partial charge in [0.05, 0.1) is 5.52 Å². The van der Waals surface area contributed by atoms with Crippen LogP contribution in [-0.2, 0) is 13.2 Å². The average molecular weight is 278 g/mol. The van der Waals surface area contributed by atoms with Crippen LogP contribution in [0.4, 0.5) is 0 Å². The van der Waals surface area contributed by atoms with Crippen molar-refractivity contribution in [2.45, 2.75) is 20.1 Å². The van der Waals surface area contributed by atoms with Crippen molar-refractivity contribution in [3.05, 3.63) is 71.4 Å². The van der Waals surface area contributed by atoms with E-state index in [2.05, 4.69) is 17.1 Å². The lowest BCUT2D eigenvalue weighted by atomic mass is 10.1. The number of fused-ring (bicyclic) bond motifs is 1. The number of nitrogens with zero attached hydrogens (tertiary/aromatic N) is 1. The van der Waals surface area contributed by atoms with Crippen molar-refractivity contribution in [1.82, 2.24) is 4.98 Å². The molecule has 0 saturated heterocycles. The maximum absolute atomic E-state index is 5.89. The Balaban J connectivity index is 1.84. The Morgan fingerprint density at radius 1 is 1.05 bits per heavy atom. The number of para-hydroxylation sites is 1. The molecule has 0 atom stereocenters. The van der Waals surface area contributed by atoms with Gasteiger partial charge in [-0.3, -0.25) is 4.98 Å². The molecule has 2 N–H and O–H groups in total. The third-order valence-electron chi connectivity index (χ3n) is 3.48. The van der Waals surface area contributed by atoms with Gasteiger partial charge in [0.1, 0.15) is 12.4 Å². The van der Waals surface area contributed by atoms with Crippen molar-refractivity contribution in [1.29, 1.82) is 0 Å². The van der Waals surface area contributed by atoms with E-state index >= 15 is 0 Å². The topological polar surface area (TPSA) is 48.1 Å². The molecule has 0 aliphatic heterocycles. The van der Waals surface area contributed by atoms with Crippen LogP contribution < -0.4 is 10.5 Å². The van der Waals surface area contributed by atoms with Crippen LogP contribution in [0.25, 0.3) is 10.9 Å². The highest BCUT2D eigenvalue weighted by atomic mass is 16.5. The smallest absolute Gasteiger partial charge is 0.119 e. The molecule has 3 rings (SSSR count). The van der Waals surface area contributed by atoms with Gasteiger partial charge in [0.25, 0.3) is 0 Å². The zero-order chi connectivity index (χ0) is 14.7. The lowest BCUT2D eigenvalue weighted by molar-refractivity contribution is 0.307. The summed E-state index contributed by atoms with van der Waals surface area (Å²) in [5.74, 6) is 0.853. The number of pyridine rings is 1. The van der Waals surface area contributed by atoms with E-state index in [4.69, 9.17) is 10.5 Å². The molecule has 0 aliphatic carbocycles. The number of hydrogen-bond acceptors (Lipinski definition) is 3.